The van der Waals surface area contributed by atoms with Crippen LogP contribution in [0.2, 0.25) is 0 Å². The highest BCUT2D eigenvalue weighted by atomic mass is 32.1. The molecule has 3 aromatic heterocycles. The maximum atomic E-state index is 5.97. The van der Waals surface area contributed by atoms with Gasteiger partial charge in [0.1, 0.15) is 18.9 Å². The van der Waals surface area contributed by atoms with Crippen molar-refractivity contribution in [3.8, 4) is 28.1 Å². The van der Waals surface area contributed by atoms with Gasteiger partial charge in [0.2, 0.25) is 10.7 Å². The van der Waals surface area contributed by atoms with Crippen LogP contribution in [0, 0.1) is 0 Å². The number of hydrogen-bond acceptors (Lipinski definition) is 7. The summed E-state index contributed by atoms with van der Waals surface area (Å²) in [6.45, 7) is 1.07. The Balaban J connectivity index is 1.65. The number of nitrogens with zero attached hydrogens (tertiary/aromatic N) is 3. The van der Waals surface area contributed by atoms with Crippen molar-refractivity contribution >= 4 is 27.3 Å². The number of furan rings is 1. The van der Waals surface area contributed by atoms with E-state index in [1.54, 1.807) is 11.6 Å². The fourth-order valence-corrected chi connectivity index (χ4v) is 3.31. The van der Waals surface area contributed by atoms with E-state index in [0.717, 1.165) is 10.3 Å². The SMILES string of the molecule is COc1nn2cc(-c3cc4ccc5c(c4o3)OCCO5)nc2s1. The Morgan fingerprint density at radius 3 is 3.04 bits per heavy atom. The monoisotopic (exact) mass is 329 g/mol. The second-order valence-corrected chi connectivity index (χ2v) is 5.96. The van der Waals surface area contributed by atoms with Crippen molar-refractivity contribution in [2.75, 3.05) is 20.3 Å². The van der Waals surface area contributed by atoms with Crippen molar-refractivity contribution in [1.29, 1.82) is 0 Å². The van der Waals surface area contributed by atoms with E-state index in [9.17, 15) is 0 Å². The summed E-state index contributed by atoms with van der Waals surface area (Å²) >= 11 is 1.37. The third-order valence-electron chi connectivity index (χ3n) is 3.64. The Kier molecular flexibility index (Phi) is 2.57. The molecule has 0 bridgehead atoms. The molecule has 0 N–H and O–H groups in total. The fraction of sp³-hybridized carbons (Fsp3) is 0.200. The van der Waals surface area contributed by atoms with Crippen molar-refractivity contribution in [3.63, 3.8) is 0 Å². The molecule has 8 heteroatoms. The normalized spacial score (nSPS) is 13.8. The summed E-state index contributed by atoms with van der Waals surface area (Å²) in [7, 11) is 1.59. The average Bonchev–Trinajstić information content (AvgIpc) is 3.26. The fourth-order valence-electron chi connectivity index (χ4n) is 2.61. The van der Waals surface area contributed by atoms with Gasteiger partial charge in [-0.2, -0.15) is 0 Å². The van der Waals surface area contributed by atoms with E-state index < -0.39 is 0 Å². The van der Waals surface area contributed by atoms with Gasteiger partial charge in [0, 0.05) is 5.39 Å². The first-order chi connectivity index (χ1) is 11.3. The molecule has 1 aliphatic rings. The lowest BCUT2D eigenvalue weighted by Gasteiger charge is -2.17. The average molecular weight is 329 g/mol. The lowest BCUT2D eigenvalue weighted by Crippen LogP contribution is -2.15. The Bertz CT molecular complexity index is 1000. The molecule has 0 fully saturated rings. The summed E-state index contributed by atoms with van der Waals surface area (Å²) in [6, 6.07) is 5.79. The lowest BCUT2D eigenvalue weighted by molar-refractivity contribution is 0.172. The van der Waals surface area contributed by atoms with E-state index in [2.05, 4.69) is 10.1 Å². The Hall–Kier alpha value is -2.74. The van der Waals surface area contributed by atoms with E-state index >= 15 is 0 Å². The van der Waals surface area contributed by atoms with Crippen LogP contribution in [-0.2, 0) is 0 Å². The lowest BCUT2D eigenvalue weighted by atomic mass is 10.2. The zero-order chi connectivity index (χ0) is 15.4. The minimum absolute atomic E-state index is 0.520. The maximum Gasteiger partial charge on any atom is 0.294 e. The van der Waals surface area contributed by atoms with Crippen molar-refractivity contribution in [3.05, 3.63) is 24.4 Å². The van der Waals surface area contributed by atoms with Crippen molar-refractivity contribution in [2.24, 2.45) is 0 Å². The Labute approximate surface area is 134 Å². The van der Waals surface area contributed by atoms with Crippen LogP contribution in [0.25, 0.3) is 27.4 Å². The summed E-state index contributed by atoms with van der Waals surface area (Å²) in [5.41, 5.74) is 1.40. The molecule has 4 aromatic rings. The molecule has 116 valence electrons. The minimum Gasteiger partial charge on any atom is -0.486 e. The highest BCUT2D eigenvalue weighted by Gasteiger charge is 2.20. The Morgan fingerprint density at radius 2 is 2.17 bits per heavy atom. The summed E-state index contributed by atoms with van der Waals surface area (Å²) in [5, 5.41) is 5.79. The minimum atomic E-state index is 0.520. The molecular weight excluding hydrogens is 318 g/mol. The molecule has 0 atom stereocenters. The number of methoxy groups -OCH3 is 1. The molecule has 0 spiro atoms. The van der Waals surface area contributed by atoms with Crippen LogP contribution >= 0.6 is 11.3 Å². The van der Waals surface area contributed by atoms with Crippen LogP contribution in [0.5, 0.6) is 16.7 Å². The van der Waals surface area contributed by atoms with Crippen molar-refractivity contribution < 1.29 is 18.6 Å². The molecule has 0 radical (unpaired) electrons. The first-order valence-corrected chi connectivity index (χ1v) is 7.86. The number of aromatic nitrogens is 3. The van der Waals surface area contributed by atoms with Gasteiger partial charge in [-0.15, -0.1) is 5.10 Å². The number of benzene rings is 1. The molecule has 7 nitrogen and oxygen atoms in total. The predicted octanol–water partition coefficient (Wildman–Crippen LogP) is 2.98. The maximum absolute atomic E-state index is 5.97. The summed E-state index contributed by atoms with van der Waals surface area (Å²) in [6.07, 6.45) is 1.82. The summed E-state index contributed by atoms with van der Waals surface area (Å²) in [5.74, 6) is 2.03. The number of rotatable bonds is 2. The van der Waals surface area contributed by atoms with Crippen LogP contribution < -0.4 is 14.2 Å². The van der Waals surface area contributed by atoms with E-state index in [1.165, 1.54) is 11.3 Å². The van der Waals surface area contributed by atoms with Gasteiger partial charge in [-0.05, 0) is 29.5 Å². The summed E-state index contributed by atoms with van der Waals surface area (Å²) < 4.78 is 24.0. The van der Waals surface area contributed by atoms with Crippen LogP contribution in [0.4, 0.5) is 0 Å². The highest BCUT2D eigenvalue weighted by molar-refractivity contribution is 7.18. The van der Waals surface area contributed by atoms with Crippen LogP contribution in [0.1, 0.15) is 0 Å². The number of imidazole rings is 1. The third kappa shape index (κ3) is 1.88. The summed E-state index contributed by atoms with van der Waals surface area (Å²) in [4.78, 5) is 5.28. The van der Waals surface area contributed by atoms with E-state index in [0.29, 0.717) is 46.9 Å². The van der Waals surface area contributed by atoms with E-state index in [-0.39, 0.29) is 0 Å². The van der Waals surface area contributed by atoms with Gasteiger partial charge in [-0.3, -0.25) is 0 Å². The molecule has 0 amide bonds. The van der Waals surface area contributed by atoms with E-state index in [1.807, 2.05) is 24.4 Å². The smallest absolute Gasteiger partial charge is 0.294 e. The highest BCUT2D eigenvalue weighted by Crippen LogP contribution is 2.41. The first-order valence-electron chi connectivity index (χ1n) is 7.04. The number of fused-ring (bicyclic) bond motifs is 4. The van der Waals surface area contributed by atoms with Crippen molar-refractivity contribution in [1.82, 2.24) is 14.6 Å². The zero-order valence-electron chi connectivity index (χ0n) is 12.1. The quantitative estimate of drug-likeness (QED) is 0.563. The van der Waals surface area contributed by atoms with Gasteiger partial charge in [-0.25, -0.2) is 9.50 Å². The molecule has 1 aliphatic heterocycles. The standard InChI is InChI=1S/C15H11N3O4S/c1-19-15-17-18-7-9(16-14(18)23-15)11-6-8-2-3-10-13(12(8)22-11)21-5-4-20-10/h2-3,6-7H,4-5H2,1H3. The predicted molar refractivity (Wildman–Crippen MR) is 83.6 cm³/mol. The van der Waals surface area contributed by atoms with Gasteiger partial charge in [0.15, 0.2) is 17.1 Å². The second kappa shape index (κ2) is 4.63. The molecule has 0 unspecified atom stereocenters. The van der Waals surface area contributed by atoms with Crippen LogP contribution in [-0.4, -0.2) is 34.9 Å². The van der Waals surface area contributed by atoms with E-state index in [4.69, 9.17) is 18.6 Å². The first kappa shape index (κ1) is 12.8. The van der Waals surface area contributed by atoms with Gasteiger partial charge in [-0.1, -0.05) is 0 Å². The second-order valence-electron chi connectivity index (χ2n) is 5.04. The third-order valence-corrected chi connectivity index (χ3v) is 4.53. The molecule has 1 aromatic carbocycles. The largest absolute Gasteiger partial charge is 0.486 e. The number of hydrogen-bond donors (Lipinski definition) is 0. The molecule has 0 saturated carbocycles. The van der Waals surface area contributed by atoms with Gasteiger partial charge >= 0.3 is 0 Å². The topological polar surface area (TPSA) is 71.0 Å². The molecule has 5 rings (SSSR count). The van der Waals surface area contributed by atoms with Crippen LogP contribution in [0.3, 0.4) is 0 Å². The Morgan fingerprint density at radius 1 is 1.26 bits per heavy atom. The molecule has 23 heavy (non-hydrogen) atoms. The number of ether oxygens (including phenoxy) is 3. The van der Waals surface area contributed by atoms with Gasteiger partial charge in [0.05, 0.1) is 13.3 Å². The molecular formula is C15H11N3O4S. The van der Waals surface area contributed by atoms with Gasteiger partial charge in [0.25, 0.3) is 5.19 Å². The zero-order valence-corrected chi connectivity index (χ0v) is 12.9. The van der Waals surface area contributed by atoms with Crippen molar-refractivity contribution in [2.45, 2.75) is 0 Å². The van der Waals surface area contributed by atoms with Gasteiger partial charge < -0.3 is 18.6 Å². The molecule has 0 aliphatic carbocycles. The van der Waals surface area contributed by atoms with Crippen LogP contribution in [0.15, 0.2) is 28.8 Å². The molecule has 0 saturated heterocycles. The molecule has 4 heterocycles.